The first-order valence-corrected chi connectivity index (χ1v) is 6.76. The minimum atomic E-state index is -0.890. The summed E-state index contributed by atoms with van der Waals surface area (Å²) in [5.41, 5.74) is 2.07. The Kier molecular flexibility index (Phi) is 3.04. The van der Waals surface area contributed by atoms with Crippen LogP contribution in [-0.2, 0) is 16.0 Å². The number of benzene rings is 1. The van der Waals surface area contributed by atoms with Crippen molar-refractivity contribution in [3.05, 3.63) is 29.3 Å². The number of Topliss-reactive ketones (excluding diaryl/α,β-unsaturated/α-hetero) is 1. The SMILES string of the molecule is O=C1Cc2cc(C(=O)C3CCCC3C(=O)O)ccc2N1. The number of rotatable bonds is 3. The van der Waals surface area contributed by atoms with Crippen LogP contribution in [0, 0.1) is 11.8 Å². The van der Waals surface area contributed by atoms with Crippen LogP contribution in [0.2, 0.25) is 0 Å². The van der Waals surface area contributed by atoms with Crippen molar-refractivity contribution in [2.45, 2.75) is 25.7 Å². The van der Waals surface area contributed by atoms with Crippen LogP contribution in [0.1, 0.15) is 35.2 Å². The molecule has 0 aromatic heterocycles. The number of fused-ring (bicyclic) bond motifs is 1. The number of anilines is 1. The molecule has 1 aliphatic carbocycles. The van der Waals surface area contributed by atoms with Crippen molar-refractivity contribution in [2.75, 3.05) is 5.32 Å². The Labute approximate surface area is 116 Å². The quantitative estimate of drug-likeness (QED) is 0.823. The molecule has 0 bridgehead atoms. The maximum absolute atomic E-state index is 12.5. The summed E-state index contributed by atoms with van der Waals surface area (Å²) in [7, 11) is 0. The number of carboxylic acids is 1. The molecule has 1 heterocycles. The lowest BCUT2D eigenvalue weighted by Gasteiger charge is -2.15. The fourth-order valence-electron chi connectivity index (χ4n) is 3.17. The van der Waals surface area contributed by atoms with E-state index in [1.54, 1.807) is 18.2 Å². The van der Waals surface area contributed by atoms with Gasteiger partial charge in [-0.3, -0.25) is 14.4 Å². The smallest absolute Gasteiger partial charge is 0.307 e. The van der Waals surface area contributed by atoms with E-state index in [-0.39, 0.29) is 18.1 Å². The van der Waals surface area contributed by atoms with Crippen LogP contribution < -0.4 is 5.32 Å². The molecule has 2 atom stereocenters. The highest BCUT2D eigenvalue weighted by Crippen LogP contribution is 2.35. The number of hydrogen-bond acceptors (Lipinski definition) is 3. The molecule has 1 aromatic carbocycles. The van der Waals surface area contributed by atoms with Gasteiger partial charge in [-0.05, 0) is 36.6 Å². The van der Waals surface area contributed by atoms with Gasteiger partial charge in [-0.15, -0.1) is 0 Å². The molecule has 1 saturated carbocycles. The summed E-state index contributed by atoms with van der Waals surface area (Å²) in [6.07, 6.45) is 2.25. The zero-order valence-electron chi connectivity index (χ0n) is 10.9. The van der Waals surface area contributed by atoms with Crippen molar-refractivity contribution in [3.8, 4) is 0 Å². The van der Waals surface area contributed by atoms with Gasteiger partial charge in [0.1, 0.15) is 0 Å². The second-order valence-electron chi connectivity index (χ2n) is 5.44. The lowest BCUT2D eigenvalue weighted by atomic mass is 9.88. The topological polar surface area (TPSA) is 83.5 Å². The molecule has 1 aromatic rings. The third-order valence-corrected chi connectivity index (χ3v) is 4.18. The summed E-state index contributed by atoms with van der Waals surface area (Å²) in [5.74, 6) is -2.09. The Morgan fingerprint density at radius 2 is 1.95 bits per heavy atom. The first-order chi connectivity index (χ1) is 9.56. The van der Waals surface area contributed by atoms with Crippen molar-refractivity contribution < 1.29 is 19.5 Å². The molecule has 2 aliphatic rings. The Bertz CT molecular complexity index is 608. The maximum Gasteiger partial charge on any atom is 0.307 e. The summed E-state index contributed by atoms with van der Waals surface area (Å²) >= 11 is 0. The van der Waals surface area contributed by atoms with Crippen molar-refractivity contribution in [2.24, 2.45) is 11.8 Å². The number of hydrogen-bond donors (Lipinski definition) is 2. The number of amides is 1. The molecular formula is C15H15NO4. The summed E-state index contributed by atoms with van der Waals surface area (Å²) in [5, 5.41) is 11.9. The van der Waals surface area contributed by atoms with Crippen LogP contribution in [-0.4, -0.2) is 22.8 Å². The number of aliphatic carboxylic acids is 1. The Morgan fingerprint density at radius 3 is 2.70 bits per heavy atom. The van der Waals surface area contributed by atoms with E-state index < -0.39 is 17.8 Å². The van der Waals surface area contributed by atoms with Crippen LogP contribution in [0.4, 0.5) is 5.69 Å². The minimum absolute atomic E-state index is 0.0751. The normalized spacial score (nSPS) is 24.3. The second kappa shape index (κ2) is 4.74. The van der Waals surface area contributed by atoms with Crippen LogP contribution in [0.25, 0.3) is 0 Å². The van der Waals surface area contributed by atoms with Gasteiger partial charge in [0.2, 0.25) is 5.91 Å². The highest BCUT2D eigenvalue weighted by atomic mass is 16.4. The monoisotopic (exact) mass is 273 g/mol. The molecule has 1 aliphatic heterocycles. The second-order valence-corrected chi connectivity index (χ2v) is 5.44. The molecule has 5 nitrogen and oxygen atoms in total. The van der Waals surface area contributed by atoms with Crippen molar-refractivity contribution >= 4 is 23.3 Å². The molecule has 0 spiro atoms. The lowest BCUT2D eigenvalue weighted by Crippen LogP contribution is -2.25. The third-order valence-electron chi connectivity index (χ3n) is 4.18. The fraction of sp³-hybridized carbons (Fsp3) is 0.400. The molecular weight excluding hydrogens is 258 g/mol. The van der Waals surface area contributed by atoms with Crippen molar-refractivity contribution in [1.82, 2.24) is 0 Å². The van der Waals surface area contributed by atoms with E-state index in [9.17, 15) is 14.4 Å². The van der Waals surface area contributed by atoms with E-state index in [0.717, 1.165) is 17.7 Å². The van der Waals surface area contributed by atoms with Crippen LogP contribution in [0.3, 0.4) is 0 Å². The number of carbonyl (C=O) groups is 3. The summed E-state index contributed by atoms with van der Waals surface area (Å²) in [4.78, 5) is 35.0. The van der Waals surface area contributed by atoms with Crippen LogP contribution in [0.15, 0.2) is 18.2 Å². The molecule has 0 radical (unpaired) electrons. The summed E-state index contributed by atoms with van der Waals surface area (Å²) in [6.45, 7) is 0. The highest BCUT2D eigenvalue weighted by Gasteiger charge is 2.38. The predicted molar refractivity (Wildman–Crippen MR) is 71.6 cm³/mol. The van der Waals surface area contributed by atoms with Gasteiger partial charge in [0.15, 0.2) is 5.78 Å². The van der Waals surface area contributed by atoms with Gasteiger partial charge in [0.25, 0.3) is 0 Å². The van der Waals surface area contributed by atoms with Gasteiger partial charge in [-0.1, -0.05) is 6.42 Å². The molecule has 3 rings (SSSR count). The number of carboxylic acid groups (broad SMARTS) is 1. The number of carbonyl (C=O) groups excluding carboxylic acids is 2. The number of nitrogens with one attached hydrogen (secondary N) is 1. The average molecular weight is 273 g/mol. The Hall–Kier alpha value is -2.17. The molecule has 2 unspecified atom stereocenters. The van der Waals surface area contributed by atoms with Gasteiger partial charge in [-0.2, -0.15) is 0 Å². The molecule has 104 valence electrons. The molecule has 2 N–H and O–H groups in total. The molecule has 5 heteroatoms. The molecule has 1 fully saturated rings. The van der Waals surface area contributed by atoms with E-state index in [1.807, 2.05) is 0 Å². The van der Waals surface area contributed by atoms with Gasteiger partial charge in [0, 0.05) is 17.2 Å². The predicted octanol–water partition coefficient (Wildman–Crippen LogP) is 1.86. The zero-order valence-corrected chi connectivity index (χ0v) is 10.9. The largest absolute Gasteiger partial charge is 0.481 e. The van der Waals surface area contributed by atoms with Crippen molar-refractivity contribution in [1.29, 1.82) is 0 Å². The molecule has 20 heavy (non-hydrogen) atoms. The van der Waals surface area contributed by atoms with Gasteiger partial charge >= 0.3 is 5.97 Å². The Balaban J connectivity index is 1.86. The van der Waals surface area contributed by atoms with Crippen LogP contribution >= 0.6 is 0 Å². The standard InChI is InChI=1S/C15H15NO4/c17-13-7-9-6-8(4-5-12(9)16-13)14(18)10-2-1-3-11(10)15(19)20/h4-6,10-11H,1-3,7H2,(H,16,17)(H,19,20). The summed E-state index contributed by atoms with van der Waals surface area (Å²) < 4.78 is 0. The zero-order chi connectivity index (χ0) is 14.3. The van der Waals surface area contributed by atoms with Crippen molar-refractivity contribution in [3.63, 3.8) is 0 Å². The minimum Gasteiger partial charge on any atom is -0.481 e. The van der Waals surface area contributed by atoms with Gasteiger partial charge < -0.3 is 10.4 Å². The van der Waals surface area contributed by atoms with E-state index in [2.05, 4.69) is 5.32 Å². The molecule has 0 saturated heterocycles. The first-order valence-electron chi connectivity index (χ1n) is 6.76. The Morgan fingerprint density at radius 1 is 1.20 bits per heavy atom. The van der Waals surface area contributed by atoms with Gasteiger partial charge in [-0.25, -0.2) is 0 Å². The highest BCUT2D eigenvalue weighted by molar-refractivity contribution is 6.03. The molecule has 1 amide bonds. The van der Waals surface area contributed by atoms with E-state index in [0.29, 0.717) is 18.4 Å². The maximum atomic E-state index is 12.5. The van der Waals surface area contributed by atoms with Crippen LogP contribution in [0.5, 0.6) is 0 Å². The average Bonchev–Trinajstić information content (AvgIpc) is 3.01. The van der Waals surface area contributed by atoms with E-state index in [4.69, 9.17) is 5.11 Å². The third kappa shape index (κ3) is 2.09. The fourth-order valence-corrected chi connectivity index (χ4v) is 3.17. The van der Waals surface area contributed by atoms with E-state index >= 15 is 0 Å². The number of ketones is 1. The summed E-state index contributed by atoms with van der Waals surface area (Å²) in [6, 6.07) is 5.11. The first kappa shape index (κ1) is 12.8. The van der Waals surface area contributed by atoms with Gasteiger partial charge in [0.05, 0.1) is 12.3 Å². The lowest BCUT2D eigenvalue weighted by molar-refractivity contribution is -0.142. The van der Waals surface area contributed by atoms with E-state index in [1.165, 1.54) is 0 Å².